The second-order valence-corrected chi connectivity index (χ2v) is 4.52. The van der Waals surface area contributed by atoms with Gasteiger partial charge in [0.05, 0.1) is 19.9 Å². The molecule has 0 aliphatic rings. The first kappa shape index (κ1) is 14.6. The molecule has 18 heavy (non-hydrogen) atoms. The highest BCUT2D eigenvalue weighted by Crippen LogP contribution is 2.27. The molecule has 1 aromatic carbocycles. The van der Waals surface area contributed by atoms with E-state index in [1.54, 1.807) is 20.1 Å². The number of ether oxygens (including phenoxy) is 2. The molecule has 0 fully saturated rings. The average Bonchev–Trinajstić information content (AvgIpc) is 2.38. The zero-order valence-electron chi connectivity index (χ0n) is 10.6. The molecular formula is C13H16BrNO3. The summed E-state index contributed by atoms with van der Waals surface area (Å²) in [6.45, 7) is 2.24. The van der Waals surface area contributed by atoms with Gasteiger partial charge in [0.1, 0.15) is 5.75 Å². The van der Waals surface area contributed by atoms with Crippen molar-refractivity contribution >= 4 is 27.6 Å². The maximum atomic E-state index is 11.2. The maximum Gasteiger partial charge on any atom is 0.333 e. The normalized spacial score (nSPS) is 11.0. The third-order valence-electron chi connectivity index (χ3n) is 2.37. The summed E-state index contributed by atoms with van der Waals surface area (Å²) in [5.74, 6) is 0.431. The van der Waals surface area contributed by atoms with Crippen molar-refractivity contribution in [2.24, 2.45) is 0 Å². The first-order chi connectivity index (χ1) is 8.58. The number of hydrogen-bond donors (Lipinski definition) is 1. The predicted octanol–water partition coefficient (Wildman–Crippen LogP) is 2.99. The zero-order chi connectivity index (χ0) is 13.5. The summed E-state index contributed by atoms with van der Waals surface area (Å²) >= 11 is 3.40. The summed E-state index contributed by atoms with van der Waals surface area (Å²) in [5.41, 5.74) is 1.43. The Balaban J connectivity index is 2.69. The van der Waals surface area contributed by atoms with E-state index < -0.39 is 0 Å². The molecule has 0 amide bonds. The van der Waals surface area contributed by atoms with E-state index in [1.165, 1.54) is 7.11 Å². The van der Waals surface area contributed by atoms with Gasteiger partial charge in [0.15, 0.2) is 0 Å². The Morgan fingerprint density at radius 2 is 2.17 bits per heavy atom. The van der Waals surface area contributed by atoms with E-state index in [2.05, 4.69) is 26.0 Å². The van der Waals surface area contributed by atoms with E-state index in [1.807, 2.05) is 18.2 Å². The van der Waals surface area contributed by atoms with Crippen LogP contribution in [-0.2, 0) is 9.53 Å². The lowest BCUT2D eigenvalue weighted by atomic mass is 10.2. The number of esters is 1. The summed E-state index contributed by atoms with van der Waals surface area (Å²) in [7, 11) is 2.98. The number of carbonyl (C=O) groups excluding carboxylic acids is 1. The van der Waals surface area contributed by atoms with Crippen molar-refractivity contribution in [3.63, 3.8) is 0 Å². The Hall–Kier alpha value is -1.49. The summed E-state index contributed by atoms with van der Waals surface area (Å²) < 4.78 is 10.8. The molecule has 0 heterocycles. The maximum absolute atomic E-state index is 11.2. The van der Waals surface area contributed by atoms with E-state index in [-0.39, 0.29) is 5.97 Å². The minimum Gasteiger partial charge on any atom is -0.495 e. The van der Waals surface area contributed by atoms with Crippen LogP contribution in [0.4, 0.5) is 5.69 Å². The van der Waals surface area contributed by atoms with Crippen molar-refractivity contribution in [2.45, 2.75) is 6.92 Å². The molecule has 1 aromatic rings. The SMILES string of the molecule is COC(=O)/C(C)=C/CNc1cc(Br)ccc1OC. The monoisotopic (exact) mass is 313 g/mol. The van der Waals surface area contributed by atoms with Crippen LogP contribution in [0.1, 0.15) is 6.92 Å². The third kappa shape index (κ3) is 4.07. The number of nitrogens with one attached hydrogen (secondary N) is 1. The van der Waals surface area contributed by atoms with Crippen LogP contribution in [-0.4, -0.2) is 26.7 Å². The second-order valence-electron chi connectivity index (χ2n) is 3.60. The van der Waals surface area contributed by atoms with Crippen molar-refractivity contribution in [1.82, 2.24) is 0 Å². The van der Waals surface area contributed by atoms with Gasteiger partial charge in [-0.2, -0.15) is 0 Å². The van der Waals surface area contributed by atoms with Crippen LogP contribution in [0.25, 0.3) is 0 Å². The lowest BCUT2D eigenvalue weighted by Crippen LogP contribution is -2.06. The lowest BCUT2D eigenvalue weighted by Gasteiger charge is -2.10. The van der Waals surface area contributed by atoms with E-state index in [0.29, 0.717) is 12.1 Å². The summed E-state index contributed by atoms with van der Waals surface area (Å²) in [4.78, 5) is 11.2. The standard InChI is InChI=1S/C13H16BrNO3/c1-9(13(16)18-3)6-7-15-11-8-10(14)4-5-12(11)17-2/h4-6,8,15H,7H2,1-3H3/b9-6+. The van der Waals surface area contributed by atoms with Gasteiger partial charge in [-0.3, -0.25) is 0 Å². The molecule has 0 aliphatic carbocycles. The molecule has 0 atom stereocenters. The molecule has 1 rings (SSSR count). The van der Waals surface area contributed by atoms with Gasteiger partial charge in [-0.05, 0) is 25.1 Å². The molecule has 4 nitrogen and oxygen atoms in total. The Bertz CT molecular complexity index is 458. The quantitative estimate of drug-likeness (QED) is 0.670. The molecule has 5 heteroatoms. The lowest BCUT2D eigenvalue weighted by molar-refractivity contribution is -0.136. The van der Waals surface area contributed by atoms with Crippen LogP contribution in [0.5, 0.6) is 5.75 Å². The molecule has 0 saturated heterocycles. The van der Waals surface area contributed by atoms with Crippen LogP contribution in [0.2, 0.25) is 0 Å². The summed E-state index contributed by atoms with van der Waals surface area (Å²) in [6.07, 6.45) is 1.77. The molecule has 0 bridgehead atoms. The van der Waals surface area contributed by atoms with Crippen molar-refractivity contribution in [1.29, 1.82) is 0 Å². The minimum atomic E-state index is -0.321. The van der Waals surface area contributed by atoms with Gasteiger partial charge < -0.3 is 14.8 Å². The molecule has 0 radical (unpaired) electrons. The summed E-state index contributed by atoms with van der Waals surface area (Å²) in [6, 6.07) is 5.68. The van der Waals surface area contributed by atoms with Gasteiger partial charge in [-0.15, -0.1) is 0 Å². The zero-order valence-corrected chi connectivity index (χ0v) is 12.2. The fourth-order valence-electron chi connectivity index (χ4n) is 1.38. The highest BCUT2D eigenvalue weighted by Gasteiger charge is 2.04. The Morgan fingerprint density at radius 1 is 1.44 bits per heavy atom. The molecule has 0 saturated carbocycles. The molecule has 0 unspecified atom stereocenters. The Morgan fingerprint density at radius 3 is 2.78 bits per heavy atom. The van der Waals surface area contributed by atoms with Gasteiger partial charge >= 0.3 is 5.97 Å². The fraction of sp³-hybridized carbons (Fsp3) is 0.308. The minimum absolute atomic E-state index is 0.321. The van der Waals surface area contributed by atoms with Crippen LogP contribution in [0.15, 0.2) is 34.3 Å². The smallest absolute Gasteiger partial charge is 0.333 e. The number of anilines is 1. The van der Waals surface area contributed by atoms with Gasteiger partial charge in [0, 0.05) is 16.6 Å². The third-order valence-corrected chi connectivity index (χ3v) is 2.86. The van der Waals surface area contributed by atoms with Crippen molar-refractivity contribution in [3.8, 4) is 5.75 Å². The molecule has 0 spiro atoms. The first-order valence-electron chi connectivity index (χ1n) is 5.41. The number of carbonyl (C=O) groups is 1. The largest absolute Gasteiger partial charge is 0.495 e. The van der Waals surface area contributed by atoms with Crippen LogP contribution < -0.4 is 10.1 Å². The van der Waals surface area contributed by atoms with Gasteiger partial charge in [0.2, 0.25) is 0 Å². The van der Waals surface area contributed by atoms with Crippen molar-refractivity contribution in [2.75, 3.05) is 26.1 Å². The first-order valence-corrected chi connectivity index (χ1v) is 6.20. The number of benzene rings is 1. The van der Waals surface area contributed by atoms with E-state index in [4.69, 9.17) is 4.74 Å². The van der Waals surface area contributed by atoms with Crippen molar-refractivity contribution in [3.05, 3.63) is 34.3 Å². The van der Waals surface area contributed by atoms with Crippen LogP contribution in [0, 0.1) is 0 Å². The van der Waals surface area contributed by atoms with Gasteiger partial charge in [0.25, 0.3) is 0 Å². The number of rotatable bonds is 5. The van der Waals surface area contributed by atoms with E-state index in [0.717, 1.165) is 15.9 Å². The molecule has 0 aliphatic heterocycles. The van der Waals surface area contributed by atoms with Crippen LogP contribution >= 0.6 is 15.9 Å². The highest BCUT2D eigenvalue weighted by molar-refractivity contribution is 9.10. The average molecular weight is 314 g/mol. The number of halogens is 1. The summed E-state index contributed by atoms with van der Waals surface area (Å²) in [5, 5.41) is 3.18. The van der Waals surface area contributed by atoms with Crippen LogP contribution in [0.3, 0.4) is 0 Å². The number of methoxy groups -OCH3 is 2. The Kier molecular flexibility index (Phi) is 5.71. The fourth-order valence-corrected chi connectivity index (χ4v) is 1.74. The predicted molar refractivity (Wildman–Crippen MR) is 75.0 cm³/mol. The van der Waals surface area contributed by atoms with Crippen molar-refractivity contribution < 1.29 is 14.3 Å². The van der Waals surface area contributed by atoms with Gasteiger partial charge in [-0.1, -0.05) is 22.0 Å². The van der Waals surface area contributed by atoms with E-state index in [9.17, 15) is 4.79 Å². The van der Waals surface area contributed by atoms with E-state index >= 15 is 0 Å². The molecule has 1 N–H and O–H groups in total. The Labute approximate surface area is 115 Å². The van der Waals surface area contributed by atoms with Gasteiger partial charge in [-0.25, -0.2) is 4.79 Å². The second kappa shape index (κ2) is 7.06. The topological polar surface area (TPSA) is 47.6 Å². The molecule has 98 valence electrons. The molecule has 0 aromatic heterocycles. The molecular weight excluding hydrogens is 298 g/mol. The highest BCUT2D eigenvalue weighted by atomic mass is 79.9. The number of hydrogen-bond acceptors (Lipinski definition) is 4.